The molecule has 14 heavy (non-hydrogen) atoms. The number of hydrogen-bond donors (Lipinski definition) is 1. The summed E-state index contributed by atoms with van der Waals surface area (Å²) >= 11 is 0. The van der Waals surface area contributed by atoms with E-state index in [0.29, 0.717) is 16.2 Å². The van der Waals surface area contributed by atoms with E-state index in [4.69, 9.17) is 0 Å². The zero-order valence-corrected chi connectivity index (χ0v) is 10.8. The van der Waals surface area contributed by atoms with Crippen molar-refractivity contribution in [1.29, 1.82) is 0 Å². The van der Waals surface area contributed by atoms with Crippen LogP contribution in [0, 0.1) is 16.2 Å². The highest BCUT2D eigenvalue weighted by Gasteiger charge is 2.51. The van der Waals surface area contributed by atoms with E-state index in [1.807, 2.05) is 0 Å². The average Bonchev–Trinajstić information content (AvgIpc) is 2.63. The Labute approximate surface area is 89.7 Å². The third-order valence-electron chi connectivity index (χ3n) is 3.56. The van der Waals surface area contributed by atoms with Crippen LogP contribution in [0.15, 0.2) is 0 Å². The van der Waals surface area contributed by atoms with Gasteiger partial charge in [-0.15, -0.1) is 0 Å². The van der Waals surface area contributed by atoms with Gasteiger partial charge in [-0.3, -0.25) is 0 Å². The van der Waals surface area contributed by atoms with Crippen LogP contribution in [0.1, 0.15) is 54.4 Å². The molecule has 1 N–H and O–H groups in total. The topological polar surface area (TPSA) is 12.0 Å². The number of rotatable bonds is 3. The predicted molar refractivity (Wildman–Crippen MR) is 63.4 cm³/mol. The van der Waals surface area contributed by atoms with Crippen LogP contribution >= 0.6 is 0 Å². The molecule has 0 atom stereocenters. The largest absolute Gasteiger partial charge is 0.316 e. The molecule has 0 aliphatic heterocycles. The molecular weight excluding hydrogens is 170 g/mol. The summed E-state index contributed by atoms with van der Waals surface area (Å²) in [5, 5.41) is 3.63. The standard InChI is InChI=1S/C13H27N/c1-11(2,3)9-14-10-13(7-8-13)12(4,5)6/h14H,7-10H2,1-6H3. The first-order valence-electron chi connectivity index (χ1n) is 5.87. The van der Waals surface area contributed by atoms with Gasteiger partial charge in [0, 0.05) is 13.1 Å². The van der Waals surface area contributed by atoms with Crippen molar-refractivity contribution >= 4 is 0 Å². The Hall–Kier alpha value is -0.0400. The van der Waals surface area contributed by atoms with Gasteiger partial charge in [0.2, 0.25) is 0 Å². The molecule has 1 saturated carbocycles. The van der Waals surface area contributed by atoms with Gasteiger partial charge in [0.1, 0.15) is 0 Å². The summed E-state index contributed by atoms with van der Waals surface area (Å²) in [6, 6.07) is 0. The van der Waals surface area contributed by atoms with E-state index in [0.717, 1.165) is 6.54 Å². The van der Waals surface area contributed by atoms with E-state index in [-0.39, 0.29) is 0 Å². The zero-order chi connectivity index (χ0) is 11.0. The van der Waals surface area contributed by atoms with Crippen molar-refractivity contribution in [2.75, 3.05) is 13.1 Å². The van der Waals surface area contributed by atoms with Gasteiger partial charge in [-0.2, -0.15) is 0 Å². The average molecular weight is 197 g/mol. The second-order valence-electron chi connectivity index (χ2n) is 7.19. The summed E-state index contributed by atoms with van der Waals surface area (Å²) in [5.74, 6) is 0. The minimum atomic E-state index is 0.411. The molecule has 1 heteroatoms. The highest BCUT2D eigenvalue weighted by Crippen LogP contribution is 2.57. The summed E-state index contributed by atoms with van der Waals surface area (Å²) < 4.78 is 0. The van der Waals surface area contributed by atoms with Crippen molar-refractivity contribution in [1.82, 2.24) is 5.32 Å². The Bertz CT molecular complexity index is 188. The van der Waals surface area contributed by atoms with Crippen LogP contribution < -0.4 is 5.32 Å². The predicted octanol–water partition coefficient (Wildman–Crippen LogP) is 3.45. The van der Waals surface area contributed by atoms with Gasteiger partial charge in [0.05, 0.1) is 0 Å². The second-order valence-corrected chi connectivity index (χ2v) is 7.19. The van der Waals surface area contributed by atoms with Crippen LogP contribution in [0.4, 0.5) is 0 Å². The molecule has 1 rings (SSSR count). The van der Waals surface area contributed by atoms with Crippen LogP contribution in [0.25, 0.3) is 0 Å². The van der Waals surface area contributed by atoms with Gasteiger partial charge in [0.25, 0.3) is 0 Å². The molecule has 0 bridgehead atoms. The molecule has 0 aromatic rings. The number of hydrogen-bond acceptors (Lipinski definition) is 1. The molecule has 0 aromatic heterocycles. The van der Waals surface area contributed by atoms with Gasteiger partial charge in [-0.05, 0) is 29.1 Å². The monoisotopic (exact) mass is 197 g/mol. The lowest BCUT2D eigenvalue weighted by Gasteiger charge is -2.32. The fourth-order valence-corrected chi connectivity index (χ4v) is 2.02. The molecule has 0 saturated heterocycles. The molecule has 1 nitrogen and oxygen atoms in total. The fraction of sp³-hybridized carbons (Fsp3) is 1.00. The second kappa shape index (κ2) is 3.52. The van der Waals surface area contributed by atoms with Gasteiger partial charge >= 0.3 is 0 Å². The highest BCUT2D eigenvalue weighted by molar-refractivity contribution is 5.03. The summed E-state index contributed by atoms with van der Waals surface area (Å²) in [6.07, 6.45) is 2.82. The smallest absolute Gasteiger partial charge is 0.00131 e. The van der Waals surface area contributed by atoms with Crippen molar-refractivity contribution in [3.8, 4) is 0 Å². The van der Waals surface area contributed by atoms with Crippen molar-refractivity contribution in [3.05, 3.63) is 0 Å². The Morgan fingerprint density at radius 2 is 1.50 bits per heavy atom. The molecule has 1 aliphatic rings. The molecule has 1 fully saturated rings. The van der Waals surface area contributed by atoms with Gasteiger partial charge in [-0.1, -0.05) is 41.5 Å². The first kappa shape index (κ1) is 12.0. The molecular formula is C13H27N. The lowest BCUT2D eigenvalue weighted by Crippen LogP contribution is -2.37. The third-order valence-corrected chi connectivity index (χ3v) is 3.56. The van der Waals surface area contributed by atoms with E-state index in [2.05, 4.69) is 46.9 Å². The zero-order valence-electron chi connectivity index (χ0n) is 10.8. The maximum atomic E-state index is 3.63. The van der Waals surface area contributed by atoms with E-state index in [1.54, 1.807) is 0 Å². The minimum absolute atomic E-state index is 0.411. The van der Waals surface area contributed by atoms with E-state index >= 15 is 0 Å². The van der Waals surface area contributed by atoms with E-state index < -0.39 is 0 Å². The van der Waals surface area contributed by atoms with Crippen molar-refractivity contribution < 1.29 is 0 Å². The van der Waals surface area contributed by atoms with E-state index in [1.165, 1.54) is 19.4 Å². The molecule has 0 aromatic carbocycles. The first-order valence-corrected chi connectivity index (χ1v) is 5.87. The van der Waals surface area contributed by atoms with Crippen molar-refractivity contribution in [2.45, 2.75) is 54.4 Å². The van der Waals surface area contributed by atoms with Crippen molar-refractivity contribution in [2.24, 2.45) is 16.2 Å². The van der Waals surface area contributed by atoms with Crippen LogP contribution in [0.3, 0.4) is 0 Å². The van der Waals surface area contributed by atoms with Crippen LogP contribution in [-0.4, -0.2) is 13.1 Å². The lowest BCUT2D eigenvalue weighted by atomic mass is 9.77. The molecule has 1 aliphatic carbocycles. The molecule has 0 amide bonds. The first-order chi connectivity index (χ1) is 6.16. The molecule has 0 unspecified atom stereocenters. The molecule has 84 valence electrons. The Morgan fingerprint density at radius 3 is 1.79 bits per heavy atom. The minimum Gasteiger partial charge on any atom is -0.316 e. The van der Waals surface area contributed by atoms with Crippen LogP contribution in [-0.2, 0) is 0 Å². The summed E-state index contributed by atoms with van der Waals surface area (Å²) in [4.78, 5) is 0. The normalized spacial score (nSPS) is 21.0. The summed E-state index contributed by atoms with van der Waals surface area (Å²) in [7, 11) is 0. The molecule has 0 heterocycles. The molecule has 0 spiro atoms. The quantitative estimate of drug-likeness (QED) is 0.730. The maximum Gasteiger partial charge on any atom is 0.00131 e. The van der Waals surface area contributed by atoms with Crippen LogP contribution in [0.2, 0.25) is 0 Å². The van der Waals surface area contributed by atoms with Gasteiger partial charge < -0.3 is 5.32 Å². The lowest BCUT2D eigenvalue weighted by molar-refractivity contribution is 0.199. The SMILES string of the molecule is CC(C)(C)CNCC1(C(C)(C)C)CC1. The van der Waals surface area contributed by atoms with E-state index in [9.17, 15) is 0 Å². The third kappa shape index (κ3) is 2.98. The van der Waals surface area contributed by atoms with Crippen molar-refractivity contribution in [3.63, 3.8) is 0 Å². The fourth-order valence-electron chi connectivity index (χ4n) is 2.02. The highest BCUT2D eigenvalue weighted by atomic mass is 14.9. The van der Waals surface area contributed by atoms with Gasteiger partial charge in [-0.25, -0.2) is 0 Å². The summed E-state index contributed by atoms with van der Waals surface area (Å²) in [5.41, 5.74) is 1.48. The maximum absolute atomic E-state index is 3.63. The van der Waals surface area contributed by atoms with Gasteiger partial charge in [0.15, 0.2) is 0 Å². The Balaban J connectivity index is 2.32. The number of nitrogens with one attached hydrogen (secondary N) is 1. The summed E-state index contributed by atoms with van der Waals surface area (Å²) in [6.45, 7) is 16.3. The molecule has 0 radical (unpaired) electrons. The Kier molecular flexibility index (Phi) is 3.02. The Morgan fingerprint density at radius 1 is 1.00 bits per heavy atom. The van der Waals surface area contributed by atoms with Crippen LogP contribution in [0.5, 0.6) is 0 Å².